The Morgan fingerprint density at radius 3 is 2.32 bits per heavy atom. The molecule has 0 unspecified atom stereocenters. The van der Waals surface area contributed by atoms with E-state index >= 15 is 0 Å². The summed E-state index contributed by atoms with van der Waals surface area (Å²) in [5.41, 5.74) is 0.727. The minimum atomic E-state index is 0.0689. The van der Waals surface area contributed by atoms with Gasteiger partial charge in [-0.05, 0) is 24.3 Å². The Hall–Kier alpha value is -2.37. The number of hydrogen-bond acceptors (Lipinski definition) is 3. The van der Waals surface area contributed by atoms with Crippen molar-refractivity contribution in [3.8, 4) is 11.5 Å². The smallest absolute Gasteiger partial charge is 0.279 e. The maximum Gasteiger partial charge on any atom is 0.279 e. The van der Waals surface area contributed by atoms with Gasteiger partial charge in [0.2, 0.25) is 0 Å². The number of quaternary nitrogens is 1. The third-order valence-electron chi connectivity index (χ3n) is 5.28. The molecule has 25 heavy (non-hydrogen) atoms. The molecule has 3 aliphatic rings. The zero-order valence-corrected chi connectivity index (χ0v) is 14.4. The van der Waals surface area contributed by atoms with Gasteiger partial charge in [0.1, 0.15) is 5.75 Å². The number of fused-ring (bicyclic) bond motifs is 3. The molecule has 2 bridgehead atoms. The van der Waals surface area contributed by atoms with Crippen LogP contribution in [0.2, 0.25) is 0 Å². The van der Waals surface area contributed by atoms with E-state index < -0.39 is 0 Å². The van der Waals surface area contributed by atoms with Crippen molar-refractivity contribution in [3.63, 3.8) is 0 Å². The number of ether oxygens (including phenoxy) is 1. The van der Waals surface area contributed by atoms with Crippen molar-refractivity contribution in [3.05, 3.63) is 54.6 Å². The van der Waals surface area contributed by atoms with E-state index in [1.807, 2.05) is 54.6 Å². The van der Waals surface area contributed by atoms with Gasteiger partial charge in [-0.15, -0.1) is 0 Å². The first-order chi connectivity index (χ1) is 12.2. The first-order valence-electron chi connectivity index (χ1n) is 8.92. The summed E-state index contributed by atoms with van der Waals surface area (Å²) in [7, 11) is 0. The largest absolute Gasteiger partial charge is 0.455 e. The van der Waals surface area contributed by atoms with Crippen LogP contribution in [0.3, 0.4) is 0 Å². The van der Waals surface area contributed by atoms with Crippen LogP contribution in [0.5, 0.6) is 11.5 Å². The van der Waals surface area contributed by atoms with Crippen LogP contribution in [0, 0.1) is 0 Å². The highest BCUT2D eigenvalue weighted by molar-refractivity contribution is 5.93. The highest BCUT2D eigenvalue weighted by Gasteiger charge is 2.39. The van der Waals surface area contributed by atoms with Gasteiger partial charge in [-0.2, -0.15) is 0 Å². The van der Waals surface area contributed by atoms with E-state index in [4.69, 9.17) is 4.74 Å². The molecule has 0 aliphatic carbocycles. The van der Waals surface area contributed by atoms with Crippen molar-refractivity contribution in [2.75, 3.05) is 51.1 Å². The minimum absolute atomic E-state index is 0.0689. The Kier molecular flexibility index (Phi) is 4.42. The number of nitrogens with one attached hydrogen (secondary N) is 1. The second-order valence-corrected chi connectivity index (χ2v) is 6.97. The Bertz CT molecular complexity index is 726. The van der Waals surface area contributed by atoms with Crippen LogP contribution in [-0.4, -0.2) is 61.1 Å². The maximum atomic E-state index is 12.7. The van der Waals surface area contributed by atoms with Gasteiger partial charge in [-0.1, -0.05) is 30.3 Å². The van der Waals surface area contributed by atoms with Crippen molar-refractivity contribution in [1.29, 1.82) is 0 Å². The van der Waals surface area contributed by atoms with Crippen LogP contribution < -0.4 is 10.1 Å². The summed E-state index contributed by atoms with van der Waals surface area (Å²) in [5.74, 6) is 1.50. The molecule has 5 rings (SSSR count). The number of para-hydroxylation sites is 3. The number of benzene rings is 2. The molecule has 0 atom stereocenters. The monoisotopic (exact) mass is 338 g/mol. The Labute approximate surface area is 148 Å². The van der Waals surface area contributed by atoms with Gasteiger partial charge >= 0.3 is 0 Å². The fraction of sp³-hybridized carbons (Fsp3) is 0.350. The quantitative estimate of drug-likeness (QED) is 0.852. The first-order valence-corrected chi connectivity index (χ1v) is 8.92. The summed E-state index contributed by atoms with van der Waals surface area (Å²) >= 11 is 0. The molecule has 3 aliphatic heterocycles. The first kappa shape index (κ1) is 16.1. The van der Waals surface area contributed by atoms with Crippen LogP contribution in [0.25, 0.3) is 0 Å². The molecular weight excluding hydrogens is 314 g/mol. The Morgan fingerprint density at radius 1 is 0.960 bits per heavy atom. The Balaban J connectivity index is 1.44. The van der Waals surface area contributed by atoms with E-state index in [9.17, 15) is 4.79 Å². The summed E-state index contributed by atoms with van der Waals surface area (Å²) < 4.78 is 6.85. The molecule has 1 amide bonds. The van der Waals surface area contributed by atoms with Crippen LogP contribution in [0.4, 0.5) is 5.69 Å². The molecule has 1 N–H and O–H groups in total. The number of nitrogens with zero attached hydrogens (tertiary/aromatic N) is 2. The number of piperazine rings is 3. The lowest BCUT2D eigenvalue weighted by Gasteiger charge is -2.50. The summed E-state index contributed by atoms with van der Waals surface area (Å²) in [6, 6.07) is 17.2. The summed E-state index contributed by atoms with van der Waals surface area (Å²) in [6.45, 7) is 7.12. The fourth-order valence-electron chi connectivity index (χ4n) is 3.74. The lowest BCUT2D eigenvalue weighted by atomic mass is 10.1. The van der Waals surface area contributed by atoms with Crippen LogP contribution in [-0.2, 0) is 4.79 Å². The molecule has 0 spiro atoms. The van der Waals surface area contributed by atoms with Gasteiger partial charge in [-0.25, -0.2) is 0 Å². The second kappa shape index (κ2) is 6.86. The lowest BCUT2D eigenvalue weighted by Crippen LogP contribution is -2.68. The standard InChI is InChI=1S/C20H23N3O2/c24-20(16-23-13-10-22(11-14-23)12-15-23)21-18-8-4-5-9-19(18)25-17-6-2-1-3-7-17/h1-9H,10-16H2/p+1. The van der Waals surface area contributed by atoms with Crippen LogP contribution in [0.15, 0.2) is 54.6 Å². The van der Waals surface area contributed by atoms with E-state index in [-0.39, 0.29) is 5.91 Å². The highest BCUT2D eigenvalue weighted by atomic mass is 16.5. The lowest BCUT2D eigenvalue weighted by molar-refractivity contribution is -0.933. The molecule has 2 aromatic carbocycles. The number of rotatable bonds is 5. The number of carbonyl (C=O) groups excluding carboxylic acids is 1. The fourth-order valence-corrected chi connectivity index (χ4v) is 3.74. The van der Waals surface area contributed by atoms with Gasteiger partial charge in [-0.3, -0.25) is 9.69 Å². The molecule has 2 aromatic rings. The molecule has 0 radical (unpaired) electrons. The van der Waals surface area contributed by atoms with E-state index in [1.54, 1.807) is 0 Å². The number of anilines is 1. The van der Waals surface area contributed by atoms with Crippen molar-refractivity contribution < 1.29 is 14.0 Å². The molecule has 5 heteroatoms. The predicted octanol–water partition coefficient (Wildman–Crippen LogP) is 2.56. The Morgan fingerprint density at radius 2 is 1.60 bits per heavy atom. The number of carbonyl (C=O) groups is 1. The van der Waals surface area contributed by atoms with Crippen molar-refractivity contribution in [1.82, 2.24) is 4.90 Å². The van der Waals surface area contributed by atoms with E-state index in [1.165, 1.54) is 0 Å². The molecule has 3 heterocycles. The normalized spacial score (nSPS) is 24.7. The van der Waals surface area contributed by atoms with E-state index in [0.717, 1.165) is 55.2 Å². The maximum absolute atomic E-state index is 12.7. The third kappa shape index (κ3) is 3.67. The molecule has 0 aromatic heterocycles. The summed E-state index contributed by atoms with van der Waals surface area (Å²) in [4.78, 5) is 15.2. The SMILES string of the molecule is O=C(C[N+]12CCN(CC1)CC2)Nc1ccccc1Oc1ccccc1. The summed E-state index contributed by atoms with van der Waals surface area (Å²) in [6.07, 6.45) is 0. The average Bonchev–Trinajstić information content (AvgIpc) is 2.65. The van der Waals surface area contributed by atoms with Crippen LogP contribution in [0.1, 0.15) is 0 Å². The zero-order chi connectivity index (χ0) is 17.1. The van der Waals surface area contributed by atoms with Crippen molar-refractivity contribution >= 4 is 11.6 Å². The van der Waals surface area contributed by atoms with Gasteiger partial charge in [0.05, 0.1) is 25.3 Å². The molecule has 3 saturated heterocycles. The van der Waals surface area contributed by atoms with Gasteiger partial charge in [0.25, 0.3) is 5.91 Å². The molecular formula is C20H24N3O2+. The minimum Gasteiger partial charge on any atom is -0.455 e. The molecule has 5 nitrogen and oxygen atoms in total. The van der Waals surface area contributed by atoms with Crippen LogP contribution >= 0.6 is 0 Å². The van der Waals surface area contributed by atoms with Gasteiger partial charge in [0, 0.05) is 19.6 Å². The molecule has 0 saturated carbocycles. The predicted molar refractivity (Wildman–Crippen MR) is 97.8 cm³/mol. The van der Waals surface area contributed by atoms with Crippen molar-refractivity contribution in [2.24, 2.45) is 0 Å². The third-order valence-corrected chi connectivity index (χ3v) is 5.28. The zero-order valence-electron chi connectivity index (χ0n) is 14.4. The van der Waals surface area contributed by atoms with E-state index in [0.29, 0.717) is 12.3 Å². The average molecular weight is 338 g/mol. The van der Waals surface area contributed by atoms with E-state index in [2.05, 4.69) is 10.2 Å². The van der Waals surface area contributed by atoms with Gasteiger partial charge in [0.15, 0.2) is 12.3 Å². The number of hydrogen-bond donors (Lipinski definition) is 1. The highest BCUT2D eigenvalue weighted by Crippen LogP contribution is 2.29. The molecule has 3 fully saturated rings. The summed E-state index contributed by atoms with van der Waals surface area (Å²) in [5, 5.41) is 3.06. The molecule has 130 valence electrons. The topological polar surface area (TPSA) is 41.6 Å². The second-order valence-electron chi connectivity index (χ2n) is 6.97. The number of amides is 1. The van der Waals surface area contributed by atoms with Crippen molar-refractivity contribution in [2.45, 2.75) is 0 Å². The van der Waals surface area contributed by atoms with Gasteiger partial charge < -0.3 is 14.5 Å².